The molecule has 0 aliphatic heterocycles. The van der Waals surface area contributed by atoms with Crippen LogP contribution in [0.15, 0.2) is 24.4 Å². The standard InChI is InChI=1S/C21H26ClFN6S/c1-6-28-14(4)16(10-24-28)12(2)25-21(30)26-20-13(3)27-29(15(20)5)11-17-18(22)8-7-9-19(17)23/h7-10,12H,6,11H2,1-5H3,(H2,25,26,30). The summed E-state index contributed by atoms with van der Waals surface area (Å²) in [6, 6.07) is 4.66. The molecule has 0 amide bonds. The Bertz CT molecular complexity index is 1050. The fraction of sp³-hybridized carbons (Fsp3) is 0.381. The maximum Gasteiger partial charge on any atom is 0.171 e. The number of nitrogens with one attached hydrogen (secondary N) is 2. The molecule has 3 rings (SSSR count). The molecule has 1 aromatic carbocycles. The van der Waals surface area contributed by atoms with Crippen LogP contribution in [0.5, 0.6) is 0 Å². The molecule has 0 saturated heterocycles. The maximum absolute atomic E-state index is 14.2. The Balaban J connectivity index is 1.74. The summed E-state index contributed by atoms with van der Waals surface area (Å²) in [6.07, 6.45) is 1.87. The van der Waals surface area contributed by atoms with E-state index in [4.69, 9.17) is 23.8 Å². The van der Waals surface area contributed by atoms with Crippen LogP contribution >= 0.6 is 23.8 Å². The third kappa shape index (κ3) is 4.49. The number of hydrogen-bond acceptors (Lipinski definition) is 3. The molecule has 0 saturated carbocycles. The van der Waals surface area contributed by atoms with Crippen molar-refractivity contribution in [3.8, 4) is 0 Å². The SMILES string of the molecule is CCn1ncc(C(C)NC(=S)Nc2c(C)nn(Cc3c(F)cccc3Cl)c2C)c1C. The van der Waals surface area contributed by atoms with Crippen molar-refractivity contribution in [1.82, 2.24) is 24.9 Å². The third-order valence-electron chi connectivity index (χ3n) is 5.24. The Labute approximate surface area is 186 Å². The quantitative estimate of drug-likeness (QED) is 0.524. The second-order valence-corrected chi connectivity index (χ2v) is 8.04. The lowest BCUT2D eigenvalue weighted by molar-refractivity contribution is 0.579. The predicted octanol–water partition coefficient (Wildman–Crippen LogP) is 4.91. The highest BCUT2D eigenvalue weighted by Crippen LogP contribution is 2.25. The molecule has 1 unspecified atom stereocenters. The molecule has 3 aromatic rings. The fourth-order valence-electron chi connectivity index (χ4n) is 3.49. The van der Waals surface area contributed by atoms with Gasteiger partial charge in [0.05, 0.1) is 35.9 Å². The fourth-order valence-corrected chi connectivity index (χ4v) is 4.00. The molecule has 1 atom stereocenters. The number of thiocarbonyl (C=S) groups is 1. The number of rotatable bonds is 6. The molecular formula is C21H26ClFN6S. The molecule has 0 aliphatic carbocycles. The molecule has 30 heavy (non-hydrogen) atoms. The zero-order valence-electron chi connectivity index (χ0n) is 17.8. The summed E-state index contributed by atoms with van der Waals surface area (Å²) in [6.45, 7) is 11.0. The highest BCUT2D eigenvalue weighted by Gasteiger charge is 2.18. The highest BCUT2D eigenvalue weighted by molar-refractivity contribution is 7.80. The van der Waals surface area contributed by atoms with Crippen LogP contribution in [-0.2, 0) is 13.1 Å². The largest absolute Gasteiger partial charge is 0.356 e. The van der Waals surface area contributed by atoms with Crippen LogP contribution in [-0.4, -0.2) is 24.7 Å². The summed E-state index contributed by atoms with van der Waals surface area (Å²) in [5, 5.41) is 16.3. The van der Waals surface area contributed by atoms with E-state index in [-0.39, 0.29) is 18.4 Å². The summed E-state index contributed by atoms with van der Waals surface area (Å²) < 4.78 is 17.9. The molecule has 0 spiro atoms. The minimum absolute atomic E-state index is 0.00169. The van der Waals surface area contributed by atoms with Gasteiger partial charge in [-0.25, -0.2) is 4.39 Å². The minimum atomic E-state index is -0.349. The molecule has 2 aromatic heterocycles. The molecule has 0 aliphatic rings. The monoisotopic (exact) mass is 448 g/mol. The topological polar surface area (TPSA) is 59.7 Å². The van der Waals surface area contributed by atoms with E-state index in [1.54, 1.807) is 16.8 Å². The number of hydrogen-bond donors (Lipinski definition) is 2. The minimum Gasteiger partial charge on any atom is -0.356 e. The van der Waals surface area contributed by atoms with E-state index in [0.29, 0.717) is 15.7 Å². The number of halogens is 2. The van der Waals surface area contributed by atoms with Crippen LogP contribution in [0.2, 0.25) is 5.02 Å². The average molecular weight is 449 g/mol. The zero-order valence-corrected chi connectivity index (χ0v) is 19.3. The Hall–Kier alpha value is -2.45. The molecule has 160 valence electrons. The molecule has 6 nitrogen and oxygen atoms in total. The second kappa shape index (κ2) is 9.14. The van der Waals surface area contributed by atoms with Gasteiger partial charge in [-0.1, -0.05) is 17.7 Å². The number of anilines is 1. The number of benzene rings is 1. The smallest absolute Gasteiger partial charge is 0.171 e. The van der Waals surface area contributed by atoms with E-state index in [1.165, 1.54) is 6.07 Å². The lowest BCUT2D eigenvalue weighted by Gasteiger charge is -2.17. The second-order valence-electron chi connectivity index (χ2n) is 7.22. The predicted molar refractivity (Wildman–Crippen MR) is 123 cm³/mol. The molecule has 2 N–H and O–H groups in total. The van der Waals surface area contributed by atoms with Crippen molar-refractivity contribution >= 4 is 34.6 Å². The van der Waals surface area contributed by atoms with E-state index in [2.05, 4.69) is 27.8 Å². The van der Waals surface area contributed by atoms with Gasteiger partial charge in [-0.2, -0.15) is 10.2 Å². The average Bonchev–Trinajstić information content (AvgIpc) is 3.19. The molecule has 0 fully saturated rings. The number of nitrogens with zero attached hydrogens (tertiary/aromatic N) is 4. The van der Waals surface area contributed by atoms with Crippen molar-refractivity contribution in [2.45, 2.75) is 53.8 Å². The van der Waals surface area contributed by atoms with Gasteiger partial charge in [0, 0.05) is 28.4 Å². The van der Waals surface area contributed by atoms with Crippen molar-refractivity contribution in [1.29, 1.82) is 0 Å². The van der Waals surface area contributed by atoms with Crippen LogP contribution in [0.3, 0.4) is 0 Å². The summed E-state index contributed by atoms with van der Waals surface area (Å²) in [5.41, 5.74) is 5.04. The molecule has 9 heteroatoms. The van der Waals surface area contributed by atoms with Crippen LogP contribution in [0.4, 0.5) is 10.1 Å². The van der Waals surface area contributed by atoms with Gasteiger partial charge in [-0.05, 0) is 59.0 Å². The first-order valence-electron chi connectivity index (χ1n) is 9.79. The first-order chi connectivity index (χ1) is 14.2. The van der Waals surface area contributed by atoms with E-state index < -0.39 is 0 Å². The number of aromatic nitrogens is 4. The Morgan fingerprint density at radius 2 is 1.97 bits per heavy atom. The Kier molecular flexibility index (Phi) is 6.77. The van der Waals surface area contributed by atoms with Gasteiger partial charge in [0.25, 0.3) is 0 Å². The lowest BCUT2D eigenvalue weighted by Crippen LogP contribution is -2.31. The van der Waals surface area contributed by atoms with Crippen LogP contribution in [0, 0.1) is 26.6 Å². The van der Waals surface area contributed by atoms with E-state index in [1.807, 2.05) is 38.6 Å². The van der Waals surface area contributed by atoms with E-state index >= 15 is 0 Å². The molecule has 0 radical (unpaired) electrons. The van der Waals surface area contributed by atoms with Gasteiger partial charge in [-0.3, -0.25) is 9.36 Å². The van der Waals surface area contributed by atoms with Gasteiger partial charge in [0.2, 0.25) is 0 Å². The molecule has 2 heterocycles. The summed E-state index contributed by atoms with van der Waals surface area (Å²) in [4.78, 5) is 0. The normalized spacial score (nSPS) is 12.1. The van der Waals surface area contributed by atoms with Crippen molar-refractivity contribution in [2.24, 2.45) is 0 Å². The first kappa shape index (κ1) is 22.2. The number of aryl methyl sites for hydroxylation is 2. The first-order valence-corrected chi connectivity index (χ1v) is 10.6. The van der Waals surface area contributed by atoms with Crippen LogP contribution < -0.4 is 10.6 Å². The zero-order chi connectivity index (χ0) is 22.0. The van der Waals surface area contributed by atoms with Crippen molar-refractivity contribution in [2.75, 3.05) is 5.32 Å². The van der Waals surface area contributed by atoms with Crippen LogP contribution in [0.25, 0.3) is 0 Å². The summed E-state index contributed by atoms with van der Waals surface area (Å²) >= 11 is 11.7. The molecular weight excluding hydrogens is 423 g/mol. The van der Waals surface area contributed by atoms with E-state index in [9.17, 15) is 4.39 Å². The van der Waals surface area contributed by atoms with Gasteiger partial charge in [0.1, 0.15) is 5.82 Å². The van der Waals surface area contributed by atoms with E-state index in [0.717, 1.165) is 34.9 Å². The molecule has 0 bridgehead atoms. The van der Waals surface area contributed by atoms with Crippen molar-refractivity contribution in [3.05, 3.63) is 63.4 Å². The lowest BCUT2D eigenvalue weighted by atomic mass is 10.1. The summed E-state index contributed by atoms with van der Waals surface area (Å²) in [7, 11) is 0. The van der Waals surface area contributed by atoms with Crippen LogP contribution in [0.1, 0.15) is 48.1 Å². The highest BCUT2D eigenvalue weighted by atomic mass is 35.5. The van der Waals surface area contributed by atoms with Crippen molar-refractivity contribution in [3.63, 3.8) is 0 Å². The maximum atomic E-state index is 14.2. The van der Waals surface area contributed by atoms with Crippen molar-refractivity contribution < 1.29 is 4.39 Å². The van der Waals surface area contributed by atoms with Gasteiger partial charge in [-0.15, -0.1) is 0 Å². The summed E-state index contributed by atoms with van der Waals surface area (Å²) in [5.74, 6) is -0.349. The van der Waals surface area contributed by atoms with Gasteiger partial charge < -0.3 is 10.6 Å². The van der Waals surface area contributed by atoms with Gasteiger partial charge in [0.15, 0.2) is 5.11 Å². The third-order valence-corrected chi connectivity index (χ3v) is 5.82. The van der Waals surface area contributed by atoms with Gasteiger partial charge >= 0.3 is 0 Å². The Morgan fingerprint density at radius 1 is 1.23 bits per heavy atom. The Morgan fingerprint density at radius 3 is 2.60 bits per heavy atom.